The number of aliphatic hydroxyl groups excluding tert-OH is 1. The molecule has 0 saturated carbocycles. The molecule has 1 radical (unpaired) electrons. The van der Waals surface area contributed by atoms with Crippen LogP contribution in [0.25, 0.3) is 0 Å². The second-order valence-corrected chi connectivity index (χ2v) is 1.06. The van der Waals surface area contributed by atoms with Crippen LogP contribution in [0.5, 0.6) is 0 Å². The number of methoxy groups -OCH3 is 1. The molecule has 0 amide bonds. The maximum Gasteiger partial charge on any atom is 0.119 e. The third-order valence-corrected chi connectivity index (χ3v) is 0.571. The molecule has 0 fully saturated rings. The van der Waals surface area contributed by atoms with Crippen LogP contribution in [0.15, 0.2) is 0 Å². The topological polar surface area (TPSA) is 29.5 Å². The monoisotopic (exact) mass is 89.1 g/mol. The zero-order chi connectivity index (χ0) is 4.99. The molecule has 2 heteroatoms. The minimum Gasteiger partial charge on any atom is -0.393 e. The molecule has 0 aromatic carbocycles. The van der Waals surface area contributed by atoms with Gasteiger partial charge in [0.2, 0.25) is 0 Å². The summed E-state index contributed by atoms with van der Waals surface area (Å²) in [5, 5.41) is 8.17. The lowest BCUT2D eigenvalue weighted by Crippen LogP contribution is -1.98. The Hall–Kier alpha value is -0.0800. The highest BCUT2D eigenvalue weighted by Gasteiger charge is 1.92. The van der Waals surface area contributed by atoms with Crippen LogP contribution in [0.3, 0.4) is 0 Å². The predicted molar refractivity (Wildman–Crippen MR) is 23.0 cm³/mol. The minimum atomic E-state index is 0.0243. The molecule has 0 atom stereocenters. The van der Waals surface area contributed by atoms with Crippen molar-refractivity contribution in [3.63, 3.8) is 0 Å². The fraction of sp³-hybridized carbons (Fsp3) is 0.750. The van der Waals surface area contributed by atoms with Crippen molar-refractivity contribution in [1.29, 1.82) is 0 Å². The van der Waals surface area contributed by atoms with Crippen molar-refractivity contribution in [2.45, 2.75) is 6.92 Å². The summed E-state index contributed by atoms with van der Waals surface area (Å²) >= 11 is 0. The summed E-state index contributed by atoms with van der Waals surface area (Å²) in [7, 11) is 1.53. The number of rotatable bonds is 2. The average molecular weight is 89.1 g/mol. The van der Waals surface area contributed by atoms with E-state index in [0.29, 0.717) is 6.10 Å². The van der Waals surface area contributed by atoms with Gasteiger partial charge in [-0.05, 0) is 6.92 Å². The van der Waals surface area contributed by atoms with E-state index in [1.165, 1.54) is 7.11 Å². The smallest absolute Gasteiger partial charge is 0.119 e. The second-order valence-electron chi connectivity index (χ2n) is 1.06. The molecule has 0 aliphatic heterocycles. The van der Waals surface area contributed by atoms with E-state index in [1.54, 1.807) is 6.92 Å². The number of hydrogen-bond acceptors (Lipinski definition) is 2. The summed E-state index contributed by atoms with van der Waals surface area (Å²) in [6.45, 7) is 1.75. The van der Waals surface area contributed by atoms with Gasteiger partial charge in [0.15, 0.2) is 0 Å². The Morgan fingerprint density at radius 3 is 2.33 bits per heavy atom. The van der Waals surface area contributed by atoms with Gasteiger partial charge in [-0.2, -0.15) is 0 Å². The Balaban J connectivity index is 2.75. The molecule has 2 nitrogen and oxygen atoms in total. The lowest BCUT2D eigenvalue weighted by atomic mass is 10.4. The fourth-order valence-electron chi connectivity index (χ4n) is 0.0645. The molecular formula is C4H9O2. The van der Waals surface area contributed by atoms with Crippen molar-refractivity contribution in [2.24, 2.45) is 0 Å². The lowest BCUT2D eigenvalue weighted by Gasteiger charge is -1.98. The fourth-order valence-corrected chi connectivity index (χ4v) is 0.0645. The second kappa shape index (κ2) is 3.12. The van der Waals surface area contributed by atoms with Gasteiger partial charge in [-0.1, -0.05) is 0 Å². The molecule has 0 aromatic heterocycles. The SMILES string of the molecule is CO[C](C)CO. The van der Waals surface area contributed by atoms with Crippen molar-refractivity contribution in [3.8, 4) is 0 Å². The van der Waals surface area contributed by atoms with Crippen LogP contribution in [0, 0.1) is 6.10 Å². The molecule has 37 valence electrons. The summed E-state index contributed by atoms with van der Waals surface area (Å²) in [6.07, 6.45) is 0.648. The first-order valence-corrected chi connectivity index (χ1v) is 1.78. The van der Waals surface area contributed by atoms with Gasteiger partial charge >= 0.3 is 0 Å². The highest BCUT2D eigenvalue weighted by molar-refractivity contribution is 4.65. The summed E-state index contributed by atoms with van der Waals surface area (Å²) < 4.78 is 4.57. The van der Waals surface area contributed by atoms with E-state index in [0.717, 1.165) is 0 Å². The highest BCUT2D eigenvalue weighted by atomic mass is 16.5. The van der Waals surface area contributed by atoms with Gasteiger partial charge in [0, 0.05) is 7.11 Å². The molecule has 0 bridgehead atoms. The van der Waals surface area contributed by atoms with Crippen LogP contribution >= 0.6 is 0 Å². The van der Waals surface area contributed by atoms with Gasteiger partial charge in [-0.25, -0.2) is 0 Å². The molecule has 0 unspecified atom stereocenters. The normalized spacial score (nSPS) is 10.0. The molecule has 0 heterocycles. The highest BCUT2D eigenvalue weighted by Crippen LogP contribution is 1.91. The van der Waals surface area contributed by atoms with E-state index in [4.69, 9.17) is 5.11 Å². The molecule has 0 saturated heterocycles. The minimum absolute atomic E-state index is 0.0243. The van der Waals surface area contributed by atoms with Crippen molar-refractivity contribution >= 4 is 0 Å². The molecule has 0 aliphatic rings. The molecule has 6 heavy (non-hydrogen) atoms. The third-order valence-electron chi connectivity index (χ3n) is 0.571. The molecule has 0 aliphatic carbocycles. The van der Waals surface area contributed by atoms with Gasteiger partial charge in [-0.15, -0.1) is 0 Å². The number of aliphatic hydroxyl groups is 1. The van der Waals surface area contributed by atoms with Gasteiger partial charge in [0.05, 0.1) is 6.61 Å². The van der Waals surface area contributed by atoms with E-state index >= 15 is 0 Å². The first kappa shape index (κ1) is 5.92. The van der Waals surface area contributed by atoms with Gasteiger partial charge in [0.25, 0.3) is 0 Å². The Morgan fingerprint density at radius 2 is 2.33 bits per heavy atom. The Kier molecular flexibility index (Phi) is 3.08. The standard InChI is InChI=1S/C4H9O2/c1-4(3-5)6-2/h5H,3H2,1-2H3. The van der Waals surface area contributed by atoms with Crippen LogP contribution in [0.4, 0.5) is 0 Å². The van der Waals surface area contributed by atoms with E-state index in [9.17, 15) is 0 Å². The van der Waals surface area contributed by atoms with Crippen molar-refractivity contribution in [2.75, 3.05) is 13.7 Å². The average Bonchev–Trinajstić information content (AvgIpc) is 1.65. The Morgan fingerprint density at radius 1 is 1.83 bits per heavy atom. The zero-order valence-corrected chi connectivity index (χ0v) is 4.06. The molecule has 0 spiro atoms. The number of hydrogen-bond donors (Lipinski definition) is 1. The predicted octanol–water partition coefficient (Wildman–Crippen LogP) is 0.177. The van der Waals surface area contributed by atoms with Gasteiger partial charge in [-0.3, -0.25) is 0 Å². The molecule has 1 N–H and O–H groups in total. The first-order valence-electron chi connectivity index (χ1n) is 1.78. The zero-order valence-electron chi connectivity index (χ0n) is 4.06. The van der Waals surface area contributed by atoms with Gasteiger partial charge < -0.3 is 9.84 Å². The van der Waals surface area contributed by atoms with Crippen LogP contribution in [0.2, 0.25) is 0 Å². The quantitative estimate of drug-likeness (QED) is 0.522. The van der Waals surface area contributed by atoms with Crippen LogP contribution in [-0.2, 0) is 4.74 Å². The van der Waals surface area contributed by atoms with Gasteiger partial charge in [0.1, 0.15) is 6.10 Å². The van der Waals surface area contributed by atoms with E-state index in [2.05, 4.69) is 4.74 Å². The third kappa shape index (κ3) is 2.18. The summed E-state index contributed by atoms with van der Waals surface area (Å²) in [4.78, 5) is 0. The summed E-state index contributed by atoms with van der Waals surface area (Å²) in [6, 6.07) is 0. The Labute approximate surface area is 37.7 Å². The summed E-state index contributed by atoms with van der Waals surface area (Å²) in [5.41, 5.74) is 0. The maximum atomic E-state index is 8.17. The van der Waals surface area contributed by atoms with E-state index in [1.807, 2.05) is 0 Å². The summed E-state index contributed by atoms with van der Waals surface area (Å²) in [5.74, 6) is 0. The van der Waals surface area contributed by atoms with Crippen LogP contribution < -0.4 is 0 Å². The van der Waals surface area contributed by atoms with E-state index < -0.39 is 0 Å². The number of ether oxygens (including phenoxy) is 1. The van der Waals surface area contributed by atoms with Crippen LogP contribution in [0.1, 0.15) is 6.92 Å². The lowest BCUT2D eigenvalue weighted by molar-refractivity contribution is 0.145. The molecular weight excluding hydrogens is 80.0 g/mol. The van der Waals surface area contributed by atoms with Crippen molar-refractivity contribution in [3.05, 3.63) is 6.10 Å². The van der Waals surface area contributed by atoms with Crippen molar-refractivity contribution in [1.82, 2.24) is 0 Å². The Bertz CT molecular complexity index is 24.7. The molecule has 0 aromatic rings. The van der Waals surface area contributed by atoms with E-state index in [-0.39, 0.29) is 6.61 Å². The first-order chi connectivity index (χ1) is 2.81. The largest absolute Gasteiger partial charge is 0.393 e. The van der Waals surface area contributed by atoms with Crippen molar-refractivity contribution < 1.29 is 9.84 Å². The van der Waals surface area contributed by atoms with Crippen LogP contribution in [-0.4, -0.2) is 18.8 Å². The molecule has 0 rings (SSSR count). The maximum absolute atomic E-state index is 8.17.